The van der Waals surface area contributed by atoms with Crippen molar-refractivity contribution in [3.05, 3.63) is 65.5 Å². The zero-order valence-electron chi connectivity index (χ0n) is 11.5. The lowest BCUT2D eigenvalue weighted by molar-refractivity contribution is 0.251. The van der Waals surface area contributed by atoms with Crippen LogP contribution < -0.4 is 10.6 Å². The van der Waals surface area contributed by atoms with E-state index < -0.39 is 0 Å². The van der Waals surface area contributed by atoms with Crippen molar-refractivity contribution in [3.8, 4) is 10.6 Å². The Hall–Kier alpha value is -2.60. The van der Waals surface area contributed by atoms with Crippen LogP contribution in [0, 0.1) is 5.82 Å². The van der Waals surface area contributed by atoms with Crippen LogP contribution in [-0.4, -0.2) is 6.03 Å². The van der Waals surface area contributed by atoms with Crippen LogP contribution in [0.15, 0.2) is 58.3 Å². The Kier molecular flexibility index (Phi) is 4.20. The number of furan rings is 1. The maximum absolute atomic E-state index is 12.8. The second kappa shape index (κ2) is 6.44. The number of rotatable bonds is 4. The van der Waals surface area contributed by atoms with Crippen molar-refractivity contribution in [3.63, 3.8) is 0 Å². The zero-order chi connectivity index (χ0) is 15.4. The molecule has 0 atom stereocenters. The second-order valence-corrected chi connectivity index (χ2v) is 5.51. The molecular formula is C16H13FN2O2S. The molecule has 0 saturated carbocycles. The fraction of sp³-hybridized carbons (Fsp3) is 0.0625. The third-order valence-electron chi connectivity index (χ3n) is 2.95. The van der Waals surface area contributed by atoms with Gasteiger partial charge in [0.05, 0.1) is 11.4 Å². The molecule has 0 aliphatic heterocycles. The van der Waals surface area contributed by atoms with E-state index in [1.54, 1.807) is 11.3 Å². The Morgan fingerprint density at radius 3 is 2.68 bits per heavy atom. The summed E-state index contributed by atoms with van der Waals surface area (Å²) in [6.07, 6.45) is 0. The van der Waals surface area contributed by atoms with E-state index >= 15 is 0 Å². The van der Waals surface area contributed by atoms with Gasteiger partial charge in [0.1, 0.15) is 17.3 Å². The molecule has 0 radical (unpaired) electrons. The van der Waals surface area contributed by atoms with Crippen molar-refractivity contribution in [1.29, 1.82) is 0 Å². The number of nitrogens with one attached hydrogen (secondary N) is 2. The first-order valence-corrected chi connectivity index (χ1v) is 7.52. The highest BCUT2D eigenvalue weighted by atomic mass is 32.1. The molecule has 0 unspecified atom stereocenters. The third-order valence-corrected chi connectivity index (χ3v) is 3.84. The van der Waals surface area contributed by atoms with Crippen LogP contribution in [0.2, 0.25) is 0 Å². The van der Waals surface area contributed by atoms with Gasteiger partial charge in [-0.05, 0) is 47.8 Å². The molecule has 0 aliphatic rings. The Morgan fingerprint density at radius 2 is 1.95 bits per heavy atom. The lowest BCUT2D eigenvalue weighted by Crippen LogP contribution is -2.27. The van der Waals surface area contributed by atoms with E-state index in [0.29, 0.717) is 11.4 Å². The molecule has 1 aromatic carbocycles. The molecule has 0 aliphatic carbocycles. The third kappa shape index (κ3) is 3.53. The summed E-state index contributed by atoms with van der Waals surface area (Å²) >= 11 is 1.59. The molecule has 2 heterocycles. The number of thiophene rings is 1. The van der Waals surface area contributed by atoms with Gasteiger partial charge in [0, 0.05) is 5.69 Å². The van der Waals surface area contributed by atoms with Crippen molar-refractivity contribution in [2.24, 2.45) is 0 Å². The molecule has 0 fully saturated rings. The standard InChI is InChI=1S/C16H13FN2O2S/c17-11-3-5-12(6-4-11)19-16(20)18-10-13-7-8-14(21-13)15-2-1-9-22-15/h1-9H,10H2,(H2,18,19,20). The normalized spacial score (nSPS) is 10.4. The maximum Gasteiger partial charge on any atom is 0.319 e. The van der Waals surface area contributed by atoms with Crippen LogP contribution in [0.4, 0.5) is 14.9 Å². The van der Waals surface area contributed by atoms with Gasteiger partial charge in [0.25, 0.3) is 0 Å². The minimum atomic E-state index is -0.374. The number of anilines is 1. The fourth-order valence-corrected chi connectivity index (χ4v) is 2.59. The van der Waals surface area contributed by atoms with E-state index in [9.17, 15) is 9.18 Å². The highest BCUT2D eigenvalue weighted by molar-refractivity contribution is 7.13. The van der Waals surface area contributed by atoms with E-state index in [2.05, 4.69) is 10.6 Å². The second-order valence-electron chi connectivity index (χ2n) is 4.56. The van der Waals surface area contributed by atoms with E-state index in [-0.39, 0.29) is 18.4 Å². The van der Waals surface area contributed by atoms with Gasteiger partial charge in [-0.15, -0.1) is 11.3 Å². The average molecular weight is 316 g/mol. The largest absolute Gasteiger partial charge is 0.458 e. The molecular weight excluding hydrogens is 303 g/mol. The molecule has 112 valence electrons. The topological polar surface area (TPSA) is 54.3 Å². The van der Waals surface area contributed by atoms with Crippen molar-refractivity contribution < 1.29 is 13.6 Å². The number of halogens is 1. The van der Waals surface area contributed by atoms with Crippen molar-refractivity contribution in [1.82, 2.24) is 5.32 Å². The van der Waals surface area contributed by atoms with Crippen molar-refractivity contribution in [2.75, 3.05) is 5.32 Å². The lowest BCUT2D eigenvalue weighted by Gasteiger charge is -2.06. The van der Waals surface area contributed by atoms with E-state index in [1.165, 1.54) is 24.3 Å². The van der Waals surface area contributed by atoms with Gasteiger partial charge in [-0.2, -0.15) is 0 Å². The predicted octanol–water partition coefficient (Wildman–Crippen LogP) is 4.47. The van der Waals surface area contributed by atoms with E-state index in [1.807, 2.05) is 29.6 Å². The van der Waals surface area contributed by atoms with Crippen molar-refractivity contribution >= 4 is 23.1 Å². The highest BCUT2D eigenvalue weighted by Crippen LogP contribution is 2.26. The van der Waals surface area contributed by atoms with Gasteiger partial charge >= 0.3 is 6.03 Å². The van der Waals surface area contributed by atoms with Gasteiger partial charge in [-0.25, -0.2) is 9.18 Å². The molecule has 0 bridgehead atoms. The van der Waals surface area contributed by atoms with E-state index in [4.69, 9.17) is 4.42 Å². The van der Waals surface area contributed by atoms with Crippen LogP contribution in [-0.2, 0) is 6.54 Å². The predicted molar refractivity (Wildman–Crippen MR) is 84.3 cm³/mol. The smallest absolute Gasteiger partial charge is 0.319 e. The Bertz CT molecular complexity index is 751. The molecule has 22 heavy (non-hydrogen) atoms. The van der Waals surface area contributed by atoms with Gasteiger partial charge < -0.3 is 15.1 Å². The Morgan fingerprint density at radius 1 is 1.14 bits per heavy atom. The quantitative estimate of drug-likeness (QED) is 0.746. The number of amides is 2. The molecule has 2 aromatic heterocycles. The van der Waals surface area contributed by atoms with Crippen LogP contribution in [0.5, 0.6) is 0 Å². The summed E-state index contributed by atoms with van der Waals surface area (Å²) in [6, 6.07) is 12.8. The molecule has 2 N–H and O–H groups in total. The van der Waals surface area contributed by atoms with Gasteiger partial charge in [-0.3, -0.25) is 0 Å². The molecule has 0 spiro atoms. The molecule has 3 aromatic rings. The van der Waals surface area contributed by atoms with Crippen LogP contribution in [0.1, 0.15) is 5.76 Å². The first-order chi connectivity index (χ1) is 10.7. The molecule has 0 saturated heterocycles. The maximum atomic E-state index is 12.8. The minimum absolute atomic E-state index is 0.276. The van der Waals surface area contributed by atoms with Gasteiger partial charge in [0.15, 0.2) is 0 Å². The number of carbonyl (C=O) groups excluding carboxylic acids is 1. The van der Waals surface area contributed by atoms with Crippen LogP contribution in [0.25, 0.3) is 10.6 Å². The average Bonchev–Trinajstić information content (AvgIpc) is 3.18. The molecule has 4 nitrogen and oxygen atoms in total. The first kappa shape index (κ1) is 14.3. The van der Waals surface area contributed by atoms with Crippen LogP contribution in [0.3, 0.4) is 0 Å². The number of hydrogen-bond donors (Lipinski definition) is 2. The summed E-state index contributed by atoms with van der Waals surface area (Å²) in [5, 5.41) is 7.28. The summed E-state index contributed by atoms with van der Waals surface area (Å²) in [7, 11) is 0. The summed E-state index contributed by atoms with van der Waals surface area (Å²) in [6.45, 7) is 0.276. The molecule has 2 amide bonds. The molecule has 3 rings (SSSR count). The lowest BCUT2D eigenvalue weighted by atomic mass is 10.3. The number of benzene rings is 1. The van der Waals surface area contributed by atoms with E-state index in [0.717, 1.165) is 10.6 Å². The summed E-state index contributed by atoms with van der Waals surface area (Å²) < 4.78 is 18.4. The SMILES string of the molecule is O=C(NCc1ccc(-c2cccs2)o1)Nc1ccc(F)cc1. The summed E-state index contributed by atoms with van der Waals surface area (Å²) in [4.78, 5) is 12.8. The monoisotopic (exact) mass is 316 g/mol. The summed E-state index contributed by atoms with van der Waals surface area (Å²) in [5.74, 6) is 1.10. The highest BCUT2D eigenvalue weighted by Gasteiger charge is 2.07. The van der Waals surface area contributed by atoms with Gasteiger partial charge in [0.2, 0.25) is 0 Å². The zero-order valence-corrected chi connectivity index (χ0v) is 12.3. The van der Waals surface area contributed by atoms with Crippen LogP contribution >= 0.6 is 11.3 Å². The van der Waals surface area contributed by atoms with Crippen molar-refractivity contribution in [2.45, 2.75) is 6.54 Å². The molecule has 6 heteroatoms. The first-order valence-electron chi connectivity index (χ1n) is 6.64. The number of urea groups is 1. The number of carbonyl (C=O) groups is 1. The summed E-state index contributed by atoms with van der Waals surface area (Å²) in [5.41, 5.74) is 0.526. The number of hydrogen-bond acceptors (Lipinski definition) is 3. The Balaban J connectivity index is 1.54. The fourth-order valence-electron chi connectivity index (χ4n) is 1.90. The van der Waals surface area contributed by atoms with Gasteiger partial charge in [-0.1, -0.05) is 6.07 Å². The Labute approximate surface area is 130 Å². The minimum Gasteiger partial charge on any atom is -0.458 e.